The van der Waals surface area contributed by atoms with Crippen LogP contribution in [0.5, 0.6) is 0 Å². The Kier molecular flexibility index (Phi) is 3.40. The minimum Gasteiger partial charge on any atom is -0.347 e. The largest absolute Gasteiger partial charge is 0.347 e. The number of aromatic nitrogens is 5. The van der Waals surface area contributed by atoms with E-state index < -0.39 is 0 Å². The molecule has 0 saturated heterocycles. The van der Waals surface area contributed by atoms with Gasteiger partial charge in [0.15, 0.2) is 0 Å². The van der Waals surface area contributed by atoms with E-state index in [1.165, 1.54) is 4.90 Å². The molecule has 2 heterocycles. The molecule has 0 saturated carbocycles. The molecule has 0 bridgehead atoms. The van der Waals surface area contributed by atoms with E-state index in [1.54, 1.807) is 19.4 Å². The van der Waals surface area contributed by atoms with Crippen LogP contribution in [0.2, 0.25) is 0 Å². The minimum absolute atomic E-state index is 0.188. The van der Waals surface area contributed by atoms with Gasteiger partial charge in [0.1, 0.15) is 11.6 Å². The molecule has 0 spiro atoms. The molecule has 7 heteroatoms. The number of nitrogens with one attached hydrogen (secondary N) is 2. The lowest BCUT2D eigenvalue weighted by molar-refractivity contribution is 0.0770. The van der Waals surface area contributed by atoms with Crippen LogP contribution in [0.1, 0.15) is 42.0 Å². The molecule has 0 aliphatic heterocycles. The Morgan fingerprint density at radius 3 is 2.83 bits per heavy atom. The van der Waals surface area contributed by atoms with Gasteiger partial charge in [-0.1, -0.05) is 13.8 Å². The van der Waals surface area contributed by atoms with Gasteiger partial charge in [-0.15, -0.1) is 5.10 Å². The zero-order chi connectivity index (χ0) is 13.1. The molecular weight excluding hydrogens is 232 g/mol. The number of imidazole rings is 1. The fraction of sp³-hybridized carbons (Fsp3) is 0.455. The maximum atomic E-state index is 12.0. The Labute approximate surface area is 105 Å². The van der Waals surface area contributed by atoms with Crippen molar-refractivity contribution in [2.24, 2.45) is 0 Å². The van der Waals surface area contributed by atoms with E-state index in [9.17, 15) is 4.79 Å². The van der Waals surface area contributed by atoms with Gasteiger partial charge in [0.25, 0.3) is 5.91 Å². The van der Waals surface area contributed by atoms with Gasteiger partial charge >= 0.3 is 0 Å². The average Bonchev–Trinajstić information content (AvgIpc) is 2.98. The molecule has 0 aliphatic rings. The summed E-state index contributed by atoms with van der Waals surface area (Å²) in [6.45, 7) is 4.38. The number of rotatable bonds is 4. The van der Waals surface area contributed by atoms with Crippen molar-refractivity contribution in [3.63, 3.8) is 0 Å². The van der Waals surface area contributed by atoms with E-state index in [4.69, 9.17) is 0 Å². The summed E-state index contributed by atoms with van der Waals surface area (Å²) in [6.07, 6.45) is 3.37. The Balaban J connectivity index is 2.05. The average molecular weight is 248 g/mol. The lowest BCUT2D eigenvalue weighted by atomic mass is 10.2. The van der Waals surface area contributed by atoms with Crippen molar-refractivity contribution >= 4 is 5.91 Å². The van der Waals surface area contributed by atoms with Crippen molar-refractivity contribution in [3.8, 4) is 0 Å². The second-order valence-electron chi connectivity index (χ2n) is 4.40. The SMILES string of the molecule is CC(C)c1nc(C(=O)N(C)Cc2ncc[nH]2)n[nH]1. The van der Waals surface area contributed by atoms with Crippen molar-refractivity contribution < 1.29 is 4.79 Å². The first-order valence-corrected chi connectivity index (χ1v) is 5.74. The number of hydrogen-bond donors (Lipinski definition) is 2. The van der Waals surface area contributed by atoms with Crippen LogP contribution in [0, 0.1) is 0 Å². The van der Waals surface area contributed by atoms with E-state index in [2.05, 4.69) is 25.1 Å². The van der Waals surface area contributed by atoms with Crippen LogP contribution in [-0.4, -0.2) is 43.0 Å². The molecule has 0 radical (unpaired) electrons. The summed E-state index contributed by atoms with van der Waals surface area (Å²) in [6, 6.07) is 0. The van der Waals surface area contributed by atoms with Gasteiger partial charge in [0.2, 0.25) is 5.82 Å². The van der Waals surface area contributed by atoms with Crippen LogP contribution in [0.4, 0.5) is 0 Å². The summed E-state index contributed by atoms with van der Waals surface area (Å²) in [4.78, 5) is 24.7. The Morgan fingerprint density at radius 2 is 2.28 bits per heavy atom. The summed E-state index contributed by atoms with van der Waals surface area (Å²) in [7, 11) is 1.69. The Hall–Kier alpha value is -2.18. The van der Waals surface area contributed by atoms with Crippen LogP contribution in [0.3, 0.4) is 0 Å². The third kappa shape index (κ3) is 2.55. The topological polar surface area (TPSA) is 90.6 Å². The summed E-state index contributed by atoms with van der Waals surface area (Å²) in [5.41, 5.74) is 0. The van der Waals surface area contributed by atoms with Gasteiger partial charge in [-0.25, -0.2) is 9.97 Å². The second kappa shape index (κ2) is 4.99. The second-order valence-corrected chi connectivity index (χ2v) is 4.40. The van der Waals surface area contributed by atoms with E-state index in [1.807, 2.05) is 13.8 Å². The molecule has 7 nitrogen and oxygen atoms in total. The molecule has 0 aliphatic carbocycles. The molecule has 0 fully saturated rings. The third-order valence-corrected chi connectivity index (χ3v) is 2.53. The molecule has 96 valence electrons. The minimum atomic E-state index is -0.227. The van der Waals surface area contributed by atoms with Gasteiger partial charge in [0.05, 0.1) is 6.54 Å². The summed E-state index contributed by atoms with van der Waals surface area (Å²) in [5.74, 6) is 1.62. The molecular formula is C11H16N6O. The van der Waals surface area contributed by atoms with E-state index in [-0.39, 0.29) is 17.6 Å². The summed E-state index contributed by atoms with van der Waals surface area (Å²) < 4.78 is 0. The number of carbonyl (C=O) groups excluding carboxylic acids is 1. The molecule has 2 aromatic heterocycles. The van der Waals surface area contributed by atoms with E-state index in [0.717, 1.165) is 5.82 Å². The van der Waals surface area contributed by atoms with Gasteiger partial charge in [-0.2, -0.15) is 0 Å². The highest BCUT2D eigenvalue weighted by molar-refractivity contribution is 5.90. The molecule has 2 N–H and O–H groups in total. The van der Waals surface area contributed by atoms with Crippen molar-refractivity contribution in [3.05, 3.63) is 29.9 Å². The first-order chi connectivity index (χ1) is 8.58. The van der Waals surface area contributed by atoms with Crippen LogP contribution in [0.25, 0.3) is 0 Å². The predicted octanol–water partition coefficient (Wildman–Crippen LogP) is 0.923. The molecule has 0 unspecified atom stereocenters. The number of nitrogens with zero attached hydrogens (tertiary/aromatic N) is 4. The Bertz CT molecular complexity index is 515. The van der Waals surface area contributed by atoms with Gasteiger partial charge < -0.3 is 9.88 Å². The number of hydrogen-bond acceptors (Lipinski definition) is 4. The maximum Gasteiger partial charge on any atom is 0.293 e. The molecule has 0 atom stereocenters. The first kappa shape index (κ1) is 12.3. The van der Waals surface area contributed by atoms with E-state index in [0.29, 0.717) is 12.4 Å². The third-order valence-electron chi connectivity index (χ3n) is 2.53. The highest BCUT2D eigenvalue weighted by Gasteiger charge is 2.18. The molecule has 1 amide bonds. The highest BCUT2D eigenvalue weighted by atomic mass is 16.2. The normalized spacial score (nSPS) is 10.9. The molecule has 2 rings (SSSR count). The van der Waals surface area contributed by atoms with Crippen LogP contribution in [-0.2, 0) is 6.54 Å². The standard InChI is InChI=1S/C11H16N6O/c1-7(2)9-14-10(16-15-9)11(18)17(3)6-8-12-4-5-13-8/h4-5,7H,6H2,1-3H3,(H,12,13)(H,14,15,16). The number of amides is 1. The first-order valence-electron chi connectivity index (χ1n) is 5.74. The van der Waals surface area contributed by atoms with Crippen LogP contribution < -0.4 is 0 Å². The van der Waals surface area contributed by atoms with Crippen molar-refractivity contribution in [1.29, 1.82) is 0 Å². The summed E-state index contributed by atoms with van der Waals surface area (Å²) in [5, 5.41) is 6.70. The van der Waals surface area contributed by atoms with Gasteiger partial charge in [-0.05, 0) is 0 Å². The van der Waals surface area contributed by atoms with Crippen molar-refractivity contribution in [1.82, 2.24) is 30.0 Å². The Morgan fingerprint density at radius 1 is 1.50 bits per heavy atom. The quantitative estimate of drug-likeness (QED) is 0.841. The number of H-pyrrole nitrogens is 2. The lowest BCUT2D eigenvalue weighted by Crippen LogP contribution is -2.27. The monoisotopic (exact) mass is 248 g/mol. The summed E-state index contributed by atoms with van der Waals surface area (Å²) >= 11 is 0. The fourth-order valence-corrected chi connectivity index (χ4v) is 1.48. The predicted molar refractivity (Wildman–Crippen MR) is 64.9 cm³/mol. The zero-order valence-corrected chi connectivity index (χ0v) is 10.6. The highest BCUT2D eigenvalue weighted by Crippen LogP contribution is 2.09. The molecule has 0 aromatic carbocycles. The lowest BCUT2D eigenvalue weighted by Gasteiger charge is -2.13. The molecule has 18 heavy (non-hydrogen) atoms. The smallest absolute Gasteiger partial charge is 0.293 e. The van der Waals surface area contributed by atoms with Crippen LogP contribution >= 0.6 is 0 Å². The van der Waals surface area contributed by atoms with Crippen molar-refractivity contribution in [2.75, 3.05) is 7.05 Å². The number of carbonyl (C=O) groups is 1. The molecule has 2 aromatic rings. The fourth-order valence-electron chi connectivity index (χ4n) is 1.48. The van der Waals surface area contributed by atoms with E-state index >= 15 is 0 Å². The zero-order valence-electron chi connectivity index (χ0n) is 10.6. The van der Waals surface area contributed by atoms with Crippen molar-refractivity contribution in [2.45, 2.75) is 26.3 Å². The number of aromatic amines is 2. The van der Waals surface area contributed by atoms with Gasteiger partial charge in [-0.3, -0.25) is 9.89 Å². The maximum absolute atomic E-state index is 12.0. The van der Waals surface area contributed by atoms with Gasteiger partial charge in [0, 0.05) is 25.4 Å². The van der Waals surface area contributed by atoms with Crippen LogP contribution in [0.15, 0.2) is 12.4 Å².